The first-order chi connectivity index (χ1) is 7.70. The molecule has 0 aliphatic rings. The molecule has 4 nitrogen and oxygen atoms in total. The minimum atomic E-state index is -0.556. The molecule has 0 saturated carbocycles. The molecule has 0 unspecified atom stereocenters. The zero-order valence-corrected chi connectivity index (χ0v) is 8.37. The molecule has 16 heavy (non-hydrogen) atoms. The predicted molar refractivity (Wildman–Crippen MR) is 54.5 cm³/mol. The first-order valence-electron chi connectivity index (χ1n) is 4.77. The topological polar surface area (TPSA) is 67.6 Å². The second-order valence-electron chi connectivity index (χ2n) is 3.27. The van der Waals surface area contributed by atoms with E-state index in [-0.39, 0.29) is 11.4 Å². The van der Waals surface area contributed by atoms with Gasteiger partial charge < -0.3 is 5.73 Å². The Balaban J connectivity index is 2.38. The Hall–Kier alpha value is -1.82. The number of hydrogen-bond donors (Lipinski definition) is 2. The molecule has 0 bridgehead atoms. The van der Waals surface area contributed by atoms with E-state index in [0.29, 0.717) is 18.8 Å². The Bertz CT molecular complexity index is 495. The van der Waals surface area contributed by atoms with Gasteiger partial charge >= 0.3 is 0 Å². The van der Waals surface area contributed by atoms with Crippen LogP contribution in [0.25, 0.3) is 11.4 Å². The molecule has 0 aliphatic heterocycles. The molecule has 2 rings (SSSR count). The largest absolute Gasteiger partial charge is 0.330 e. The summed E-state index contributed by atoms with van der Waals surface area (Å²) in [7, 11) is 0. The van der Waals surface area contributed by atoms with E-state index in [1.807, 2.05) is 0 Å². The molecule has 0 atom stereocenters. The maximum Gasteiger partial charge on any atom is 0.184 e. The van der Waals surface area contributed by atoms with E-state index in [2.05, 4.69) is 15.2 Å². The van der Waals surface area contributed by atoms with Crippen molar-refractivity contribution >= 4 is 0 Å². The van der Waals surface area contributed by atoms with Crippen molar-refractivity contribution in [2.75, 3.05) is 6.54 Å². The summed E-state index contributed by atoms with van der Waals surface area (Å²) in [5.74, 6) is -0.386. The molecule has 0 amide bonds. The van der Waals surface area contributed by atoms with Gasteiger partial charge in [-0.15, -0.1) is 0 Å². The van der Waals surface area contributed by atoms with Crippen molar-refractivity contribution in [3.8, 4) is 11.4 Å². The maximum atomic E-state index is 13.4. The predicted octanol–water partition coefficient (Wildman–Crippen LogP) is 1.25. The van der Waals surface area contributed by atoms with Crippen LogP contribution in [0.1, 0.15) is 5.82 Å². The van der Waals surface area contributed by atoms with Gasteiger partial charge in [0.25, 0.3) is 0 Å². The maximum absolute atomic E-state index is 13.4. The lowest BCUT2D eigenvalue weighted by molar-refractivity contribution is 0.602. The van der Waals surface area contributed by atoms with Crippen molar-refractivity contribution in [2.24, 2.45) is 5.73 Å². The van der Waals surface area contributed by atoms with Crippen LogP contribution in [0.4, 0.5) is 8.78 Å². The van der Waals surface area contributed by atoms with E-state index in [9.17, 15) is 8.78 Å². The van der Waals surface area contributed by atoms with Crippen LogP contribution in [0.15, 0.2) is 18.2 Å². The summed E-state index contributed by atoms with van der Waals surface area (Å²) in [6, 6.07) is 3.15. The number of halogens is 2. The van der Waals surface area contributed by atoms with Crippen molar-refractivity contribution in [1.29, 1.82) is 0 Å². The third-order valence-corrected chi connectivity index (χ3v) is 2.08. The van der Waals surface area contributed by atoms with E-state index in [1.165, 1.54) is 0 Å². The van der Waals surface area contributed by atoms with Gasteiger partial charge in [0.2, 0.25) is 0 Å². The summed E-state index contributed by atoms with van der Waals surface area (Å²) in [6.07, 6.45) is 0.518. The summed E-state index contributed by atoms with van der Waals surface area (Å²) in [5.41, 5.74) is 5.38. The molecule has 0 radical (unpaired) electrons. The van der Waals surface area contributed by atoms with Crippen LogP contribution in [0.5, 0.6) is 0 Å². The van der Waals surface area contributed by atoms with Gasteiger partial charge in [0.1, 0.15) is 17.5 Å². The highest BCUT2D eigenvalue weighted by atomic mass is 19.1. The van der Waals surface area contributed by atoms with E-state index < -0.39 is 11.6 Å². The van der Waals surface area contributed by atoms with E-state index in [4.69, 9.17) is 5.73 Å². The third kappa shape index (κ3) is 2.06. The molecule has 6 heteroatoms. The van der Waals surface area contributed by atoms with Crippen molar-refractivity contribution in [3.63, 3.8) is 0 Å². The minimum absolute atomic E-state index is 0.0412. The van der Waals surface area contributed by atoms with E-state index in [1.54, 1.807) is 0 Å². The monoisotopic (exact) mass is 224 g/mol. The normalized spacial score (nSPS) is 10.7. The highest BCUT2D eigenvalue weighted by molar-refractivity contribution is 5.55. The van der Waals surface area contributed by atoms with Crippen molar-refractivity contribution in [1.82, 2.24) is 15.2 Å². The van der Waals surface area contributed by atoms with Gasteiger partial charge in [0.05, 0.1) is 5.56 Å². The molecule has 3 N–H and O–H groups in total. The number of rotatable bonds is 3. The summed E-state index contributed by atoms with van der Waals surface area (Å²) in [4.78, 5) is 4.02. The van der Waals surface area contributed by atoms with Crippen LogP contribution in [-0.4, -0.2) is 21.7 Å². The Morgan fingerprint density at radius 3 is 2.88 bits per heavy atom. The Morgan fingerprint density at radius 1 is 1.31 bits per heavy atom. The minimum Gasteiger partial charge on any atom is -0.330 e. The molecule has 1 aromatic carbocycles. The third-order valence-electron chi connectivity index (χ3n) is 2.08. The van der Waals surface area contributed by atoms with Crippen molar-refractivity contribution in [3.05, 3.63) is 35.7 Å². The average Bonchev–Trinajstić information content (AvgIpc) is 2.71. The number of hydrogen-bond acceptors (Lipinski definition) is 3. The lowest BCUT2D eigenvalue weighted by Crippen LogP contribution is -2.03. The molecular weight excluding hydrogens is 214 g/mol. The molecule has 2 aromatic rings. The Labute approximate surface area is 90.5 Å². The summed E-state index contributed by atoms with van der Waals surface area (Å²) in [6.45, 7) is 0.417. The molecule has 0 fully saturated rings. The number of H-pyrrole nitrogens is 1. The Kier molecular flexibility index (Phi) is 2.91. The fraction of sp³-hybridized carbons (Fsp3) is 0.200. The smallest absolute Gasteiger partial charge is 0.184 e. The summed E-state index contributed by atoms with van der Waals surface area (Å²) >= 11 is 0. The van der Waals surface area contributed by atoms with Crippen LogP contribution in [-0.2, 0) is 6.42 Å². The average molecular weight is 224 g/mol. The van der Waals surface area contributed by atoms with E-state index >= 15 is 0 Å². The van der Waals surface area contributed by atoms with Gasteiger partial charge in [-0.3, -0.25) is 5.10 Å². The number of nitrogens with zero attached hydrogens (tertiary/aromatic N) is 2. The first kappa shape index (κ1) is 10.7. The number of nitrogens with two attached hydrogens (primary N) is 1. The molecule has 1 heterocycles. The second kappa shape index (κ2) is 4.36. The molecule has 0 saturated heterocycles. The molecule has 0 spiro atoms. The molecular formula is C10H10F2N4. The first-order valence-corrected chi connectivity index (χ1v) is 4.77. The lowest BCUT2D eigenvalue weighted by Gasteiger charge is -1.97. The van der Waals surface area contributed by atoms with Gasteiger partial charge in [0.15, 0.2) is 5.82 Å². The van der Waals surface area contributed by atoms with Crippen LogP contribution in [0, 0.1) is 11.6 Å². The summed E-state index contributed by atoms with van der Waals surface area (Å²) in [5, 5.41) is 6.43. The lowest BCUT2D eigenvalue weighted by atomic mass is 10.2. The number of benzene rings is 1. The van der Waals surface area contributed by atoms with Crippen LogP contribution in [0.2, 0.25) is 0 Å². The zero-order chi connectivity index (χ0) is 11.5. The van der Waals surface area contributed by atoms with Crippen LogP contribution >= 0.6 is 0 Å². The molecule has 1 aromatic heterocycles. The van der Waals surface area contributed by atoms with E-state index in [0.717, 1.165) is 18.2 Å². The van der Waals surface area contributed by atoms with Gasteiger partial charge in [0, 0.05) is 6.42 Å². The highest BCUT2D eigenvalue weighted by Gasteiger charge is 2.11. The van der Waals surface area contributed by atoms with Crippen molar-refractivity contribution < 1.29 is 8.78 Å². The standard InChI is InChI=1S/C10H10F2N4/c11-6-1-2-8(12)7(5-6)10-14-9(3-4-13)15-16-10/h1-2,5H,3-4,13H2,(H,14,15,16). The Morgan fingerprint density at radius 2 is 2.12 bits per heavy atom. The fourth-order valence-electron chi connectivity index (χ4n) is 1.33. The SMILES string of the molecule is NCCc1nc(-c2cc(F)ccc2F)n[nH]1. The number of aromatic nitrogens is 3. The highest BCUT2D eigenvalue weighted by Crippen LogP contribution is 2.19. The number of aromatic amines is 1. The van der Waals surface area contributed by atoms with Crippen LogP contribution in [0.3, 0.4) is 0 Å². The zero-order valence-electron chi connectivity index (χ0n) is 8.37. The summed E-state index contributed by atoms with van der Waals surface area (Å²) < 4.78 is 26.3. The van der Waals surface area contributed by atoms with Gasteiger partial charge in [-0.05, 0) is 24.7 Å². The number of nitrogens with one attached hydrogen (secondary N) is 1. The van der Waals surface area contributed by atoms with Gasteiger partial charge in [-0.2, -0.15) is 5.10 Å². The quantitative estimate of drug-likeness (QED) is 0.824. The molecule has 0 aliphatic carbocycles. The molecule has 84 valence electrons. The second-order valence-corrected chi connectivity index (χ2v) is 3.27. The van der Waals surface area contributed by atoms with Crippen LogP contribution < -0.4 is 5.73 Å². The van der Waals surface area contributed by atoms with Gasteiger partial charge in [-0.1, -0.05) is 0 Å². The van der Waals surface area contributed by atoms with Gasteiger partial charge in [-0.25, -0.2) is 13.8 Å². The van der Waals surface area contributed by atoms with Crippen molar-refractivity contribution in [2.45, 2.75) is 6.42 Å². The fourth-order valence-corrected chi connectivity index (χ4v) is 1.33.